The van der Waals surface area contributed by atoms with Crippen molar-refractivity contribution in [2.24, 2.45) is 0 Å². The van der Waals surface area contributed by atoms with E-state index in [1.54, 1.807) is 12.3 Å². The lowest BCUT2D eigenvalue weighted by atomic mass is 10.3. The summed E-state index contributed by atoms with van der Waals surface area (Å²) < 4.78 is 18.2. The maximum atomic E-state index is 12.7. The Hall–Kier alpha value is -1.80. The molecule has 0 spiro atoms. The summed E-state index contributed by atoms with van der Waals surface area (Å²) in [4.78, 5) is 4.12. The molecule has 0 bridgehead atoms. The largest absolute Gasteiger partial charge is 0.483 e. The van der Waals surface area contributed by atoms with Gasteiger partial charge in [-0.2, -0.15) is 0 Å². The lowest BCUT2D eigenvalue weighted by molar-refractivity contribution is 0.394. The second-order valence-corrected chi connectivity index (χ2v) is 6.25. The van der Waals surface area contributed by atoms with Gasteiger partial charge in [-0.05, 0) is 24.3 Å². The van der Waals surface area contributed by atoms with Gasteiger partial charge in [0.25, 0.3) is 0 Å². The van der Waals surface area contributed by atoms with Crippen molar-refractivity contribution in [2.45, 2.75) is 0 Å². The number of nitrogens with one attached hydrogen (secondary N) is 1. The topological polar surface area (TPSA) is 51.2 Å². The standard InChI is InChI=1S/C12H11N2O2P/c15-17(14-12-7-3-4-8-13-12)9-16-10-5-1-2-6-11(10)17/h1-8H,9H2,(H,13,14,15). The number of anilines is 1. The van der Waals surface area contributed by atoms with E-state index in [1.165, 1.54) is 0 Å². The average molecular weight is 246 g/mol. The zero-order valence-electron chi connectivity index (χ0n) is 9.04. The maximum Gasteiger partial charge on any atom is 0.239 e. The van der Waals surface area contributed by atoms with Crippen molar-refractivity contribution >= 4 is 18.4 Å². The minimum atomic E-state index is -2.72. The Kier molecular flexibility index (Phi) is 2.37. The molecule has 2 aromatic rings. The summed E-state index contributed by atoms with van der Waals surface area (Å²) in [5, 5.41) is 3.73. The predicted molar refractivity (Wildman–Crippen MR) is 67.0 cm³/mol. The van der Waals surface area contributed by atoms with Gasteiger partial charge in [-0.15, -0.1) is 0 Å². The molecule has 1 aromatic heterocycles. The zero-order chi connectivity index (χ0) is 11.7. The Morgan fingerprint density at radius 2 is 2.00 bits per heavy atom. The van der Waals surface area contributed by atoms with Gasteiger partial charge in [0.15, 0.2) is 6.35 Å². The number of rotatable bonds is 2. The monoisotopic (exact) mass is 246 g/mol. The first kappa shape index (κ1) is 10.4. The van der Waals surface area contributed by atoms with Crippen molar-refractivity contribution in [1.29, 1.82) is 0 Å². The first-order valence-electron chi connectivity index (χ1n) is 5.29. The molecular weight excluding hydrogens is 235 g/mol. The average Bonchev–Trinajstić information content (AvgIpc) is 2.69. The fraction of sp³-hybridized carbons (Fsp3) is 0.0833. The van der Waals surface area contributed by atoms with Crippen molar-refractivity contribution in [3.8, 4) is 5.75 Å². The molecule has 2 heterocycles. The predicted octanol–water partition coefficient (Wildman–Crippen LogP) is 2.45. The van der Waals surface area contributed by atoms with Crippen molar-refractivity contribution in [3.05, 3.63) is 48.7 Å². The van der Waals surface area contributed by atoms with Crippen LogP contribution in [0.5, 0.6) is 5.75 Å². The van der Waals surface area contributed by atoms with Crippen LogP contribution in [0, 0.1) is 0 Å². The summed E-state index contributed by atoms with van der Waals surface area (Å²) in [5.74, 6) is 1.30. The molecule has 0 aliphatic carbocycles. The van der Waals surface area contributed by atoms with E-state index in [1.807, 2.05) is 36.4 Å². The van der Waals surface area contributed by atoms with Crippen LogP contribution in [0.1, 0.15) is 0 Å². The van der Waals surface area contributed by atoms with Crippen LogP contribution in [0.2, 0.25) is 0 Å². The van der Waals surface area contributed by atoms with E-state index in [4.69, 9.17) is 4.74 Å². The lowest BCUT2D eigenvalue weighted by Crippen LogP contribution is -2.09. The summed E-state index contributed by atoms with van der Waals surface area (Å²) >= 11 is 0. The smallest absolute Gasteiger partial charge is 0.239 e. The Balaban J connectivity index is 1.97. The molecule has 0 amide bonds. The van der Waals surface area contributed by atoms with Crippen LogP contribution < -0.4 is 15.1 Å². The van der Waals surface area contributed by atoms with Gasteiger partial charge in [0, 0.05) is 6.20 Å². The van der Waals surface area contributed by atoms with Crippen LogP contribution in [0.15, 0.2) is 48.7 Å². The number of pyridine rings is 1. The highest BCUT2D eigenvalue weighted by molar-refractivity contribution is 7.73. The van der Waals surface area contributed by atoms with Crippen molar-refractivity contribution < 1.29 is 9.30 Å². The van der Waals surface area contributed by atoms with E-state index in [0.717, 1.165) is 5.30 Å². The van der Waals surface area contributed by atoms with Gasteiger partial charge in [-0.3, -0.25) is 4.57 Å². The maximum absolute atomic E-state index is 12.7. The number of nitrogens with zero attached hydrogens (tertiary/aromatic N) is 1. The molecule has 1 aromatic carbocycles. The molecule has 1 aliphatic heterocycles. The molecule has 1 unspecified atom stereocenters. The molecule has 4 nitrogen and oxygen atoms in total. The Bertz CT molecular complexity index is 586. The molecule has 1 N–H and O–H groups in total. The highest BCUT2D eigenvalue weighted by Gasteiger charge is 2.35. The molecule has 1 aliphatic rings. The number of fused-ring (bicyclic) bond motifs is 1. The van der Waals surface area contributed by atoms with E-state index in [-0.39, 0.29) is 6.35 Å². The second kappa shape index (κ2) is 3.90. The molecule has 3 rings (SSSR count). The Labute approximate surface area is 99.1 Å². The van der Waals surface area contributed by atoms with Crippen molar-refractivity contribution in [3.63, 3.8) is 0 Å². The molecule has 1 atom stereocenters. The number of hydrogen-bond donors (Lipinski definition) is 1. The van der Waals surface area contributed by atoms with Gasteiger partial charge in [0.05, 0.1) is 5.30 Å². The number of aromatic nitrogens is 1. The quantitative estimate of drug-likeness (QED) is 0.827. The third-order valence-corrected chi connectivity index (χ3v) is 4.85. The minimum absolute atomic E-state index is 0.183. The molecule has 5 heteroatoms. The molecule has 0 saturated heterocycles. The summed E-state index contributed by atoms with van der Waals surface area (Å²) in [5.41, 5.74) is 0. The lowest BCUT2D eigenvalue weighted by Gasteiger charge is -2.12. The second-order valence-electron chi connectivity index (χ2n) is 3.81. The normalized spacial score (nSPS) is 21.6. The number of benzene rings is 1. The fourth-order valence-corrected chi connectivity index (χ4v) is 3.78. The zero-order valence-corrected chi connectivity index (χ0v) is 9.93. The van der Waals surface area contributed by atoms with E-state index in [9.17, 15) is 4.57 Å². The molecule has 17 heavy (non-hydrogen) atoms. The van der Waals surface area contributed by atoms with Crippen LogP contribution in [0.3, 0.4) is 0 Å². The van der Waals surface area contributed by atoms with E-state index in [2.05, 4.69) is 10.1 Å². The summed E-state index contributed by atoms with van der Waals surface area (Å²) in [6.45, 7) is 0. The third-order valence-electron chi connectivity index (χ3n) is 2.62. The van der Waals surface area contributed by atoms with Gasteiger partial charge in [-0.25, -0.2) is 4.98 Å². The third kappa shape index (κ3) is 1.81. The first-order valence-corrected chi connectivity index (χ1v) is 7.18. The SMILES string of the molecule is O=P1(Nc2ccccn2)COc2ccccc21. The van der Waals surface area contributed by atoms with Crippen LogP contribution in [0.4, 0.5) is 5.82 Å². The van der Waals surface area contributed by atoms with E-state index >= 15 is 0 Å². The highest BCUT2D eigenvalue weighted by atomic mass is 31.2. The van der Waals surface area contributed by atoms with Crippen LogP contribution in [-0.4, -0.2) is 11.3 Å². The number of para-hydroxylation sites is 1. The molecule has 0 saturated carbocycles. The molecular formula is C12H11N2O2P. The fourth-order valence-electron chi connectivity index (χ4n) is 1.81. The van der Waals surface area contributed by atoms with Gasteiger partial charge >= 0.3 is 0 Å². The molecule has 0 fully saturated rings. The summed E-state index contributed by atoms with van der Waals surface area (Å²) in [6, 6.07) is 12.9. The summed E-state index contributed by atoms with van der Waals surface area (Å²) in [7, 11) is -2.72. The van der Waals surface area contributed by atoms with Crippen LogP contribution in [0.25, 0.3) is 0 Å². The number of hydrogen-bond acceptors (Lipinski definition) is 3. The van der Waals surface area contributed by atoms with Gasteiger partial charge in [-0.1, -0.05) is 18.2 Å². The van der Waals surface area contributed by atoms with Crippen molar-refractivity contribution in [1.82, 2.24) is 4.98 Å². The van der Waals surface area contributed by atoms with E-state index < -0.39 is 7.29 Å². The summed E-state index contributed by atoms with van der Waals surface area (Å²) in [6.07, 6.45) is 1.85. The van der Waals surface area contributed by atoms with Crippen LogP contribution in [-0.2, 0) is 4.57 Å². The first-order chi connectivity index (χ1) is 8.28. The van der Waals surface area contributed by atoms with E-state index in [0.29, 0.717) is 11.6 Å². The Morgan fingerprint density at radius 3 is 2.82 bits per heavy atom. The van der Waals surface area contributed by atoms with Crippen molar-refractivity contribution in [2.75, 3.05) is 11.4 Å². The van der Waals surface area contributed by atoms with Gasteiger partial charge in [0.1, 0.15) is 11.6 Å². The Morgan fingerprint density at radius 1 is 1.18 bits per heavy atom. The van der Waals surface area contributed by atoms with Gasteiger partial charge in [0.2, 0.25) is 7.29 Å². The van der Waals surface area contributed by atoms with Gasteiger partial charge < -0.3 is 9.82 Å². The number of ether oxygens (including phenoxy) is 1. The molecule has 0 radical (unpaired) electrons. The highest BCUT2D eigenvalue weighted by Crippen LogP contribution is 2.50. The minimum Gasteiger partial charge on any atom is -0.483 e. The molecule has 86 valence electrons. The van der Waals surface area contributed by atoms with Crippen LogP contribution >= 0.6 is 7.29 Å².